The molecule has 0 saturated heterocycles. The lowest BCUT2D eigenvalue weighted by Gasteiger charge is -2.15. The van der Waals surface area contributed by atoms with Gasteiger partial charge in [-0.3, -0.25) is 4.79 Å². The van der Waals surface area contributed by atoms with Crippen molar-refractivity contribution in [1.29, 1.82) is 0 Å². The largest absolute Gasteiger partial charge is 0.477 e. The van der Waals surface area contributed by atoms with Crippen molar-refractivity contribution in [2.75, 3.05) is 11.9 Å². The van der Waals surface area contributed by atoms with Crippen molar-refractivity contribution in [3.8, 4) is 0 Å². The molecule has 0 aromatic carbocycles. The molecule has 0 unspecified atom stereocenters. The molecule has 0 aliphatic carbocycles. The van der Waals surface area contributed by atoms with Crippen molar-refractivity contribution < 1.29 is 19.4 Å². The molecule has 156 valence electrons. The number of anilines is 2. The number of carboxylic acid groups (broad SMARTS) is 1. The van der Waals surface area contributed by atoms with E-state index >= 15 is 0 Å². The standard InChI is InChI=1S/C21H22N4O5/c1-5-25-10-14(20(27)28)18(26)13-9-17(12(4)23-19(13)25)24-15-7-8-16(22-11(15)3)21(29)30-6-2/h7-10,24H,5-6H2,1-4H3,(H,27,28). The molecule has 0 radical (unpaired) electrons. The number of nitrogens with one attached hydrogen (secondary N) is 1. The first-order valence-corrected chi connectivity index (χ1v) is 9.46. The number of fused-ring (bicyclic) bond motifs is 1. The fourth-order valence-corrected chi connectivity index (χ4v) is 3.08. The van der Waals surface area contributed by atoms with Gasteiger partial charge in [-0.15, -0.1) is 0 Å². The summed E-state index contributed by atoms with van der Waals surface area (Å²) in [4.78, 5) is 44.8. The van der Waals surface area contributed by atoms with Crippen molar-refractivity contribution in [2.24, 2.45) is 0 Å². The Morgan fingerprint density at radius 2 is 1.83 bits per heavy atom. The number of hydrogen-bond donors (Lipinski definition) is 2. The van der Waals surface area contributed by atoms with Crippen molar-refractivity contribution in [1.82, 2.24) is 14.5 Å². The van der Waals surface area contributed by atoms with Crippen LogP contribution in [0.5, 0.6) is 0 Å². The minimum atomic E-state index is -1.28. The van der Waals surface area contributed by atoms with Gasteiger partial charge in [0.1, 0.15) is 16.9 Å². The van der Waals surface area contributed by atoms with Gasteiger partial charge in [0.05, 0.1) is 34.8 Å². The van der Waals surface area contributed by atoms with Crippen LogP contribution in [-0.4, -0.2) is 38.2 Å². The predicted molar refractivity (Wildman–Crippen MR) is 112 cm³/mol. The normalized spacial score (nSPS) is 10.8. The molecule has 3 rings (SSSR count). The lowest BCUT2D eigenvalue weighted by Crippen LogP contribution is -2.20. The van der Waals surface area contributed by atoms with Crippen LogP contribution >= 0.6 is 0 Å². The van der Waals surface area contributed by atoms with Gasteiger partial charge < -0.3 is 19.7 Å². The number of carboxylic acids is 1. The summed E-state index contributed by atoms with van der Waals surface area (Å²) in [6.07, 6.45) is 1.31. The van der Waals surface area contributed by atoms with Crippen molar-refractivity contribution in [3.05, 3.63) is 57.3 Å². The highest BCUT2D eigenvalue weighted by Gasteiger charge is 2.17. The Bertz CT molecular complexity index is 1220. The van der Waals surface area contributed by atoms with Gasteiger partial charge in [0, 0.05) is 12.7 Å². The summed E-state index contributed by atoms with van der Waals surface area (Å²) in [5, 5.41) is 12.7. The van der Waals surface area contributed by atoms with Crippen LogP contribution < -0.4 is 10.7 Å². The minimum absolute atomic E-state index is 0.199. The van der Waals surface area contributed by atoms with Gasteiger partial charge in [0.15, 0.2) is 0 Å². The first-order valence-electron chi connectivity index (χ1n) is 9.46. The Labute approximate surface area is 172 Å². The van der Waals surface area contributed by atoms with Gasteiger partial charge in [-0.1, -0.05) is 0 Å². The second-order valence-electron chi connectivity index (χ2n) is 6.63. The molecule has 0 atom stereocenters. The van der Waals surface area contributed by atoms with E-state index in [0.717, 1.165) is 0 Å². The second-order valence-corrected chi connectivity index (χ2v) is 6.63. The molecule has 0 aliphatic rings. The number of ether oxygens (including phenoxy) is 1. The molecule has 0 fully saturated rings. The van der Waals surface area contributed by atoms with Crippen molar-refractivity contribution in [2.45, 2.75) is 34.2 Å². The maximum atomic E-state index is 12.7. The van der Waals surface area contributed by atoms with E-state index in [2.05, 4.69) is 15.3 Å². The first-order chi connectivity index (χ1) is 14.3. The summed E-state index contributed by atoms with van der Waals surface area (Å²) in [5.41, 5.74) is 2.07. The zero-order valence-corrected chi connectivity index (χ0v) is 17.1. The van der Waals surface area contributed by atoms with Crippen LogP contribution in [0.2, 0.25) is 0 Å². The third-order valence-electron chi connectivity index (χ3n) is 4.65. The lowest BCUT2D eigenvalue weighted by atomic mass is 10.1. The first kappa shape index (κ1) is 21.0. The molecular formula is C21H22N4O5. The molecular weight excluding hydrogens is 388 g/mol. The number of aryl methyl sites for hydroxylation is 3. The van der Waals surface area contributed by atoms with E-state index < -0.39 is 17.4 Å². The zero-order chi connectivity index (χ0) is 22.0. The van der Waals surface area contributed by atoms with E-state index in [0.29, 0.717) is 35.0 Å². The number of carbonyl (C=O) groups excluding carboxylic acids is 1. The summed E-state index contributed by atoms with van der Waals surface area (Å²) < 4.78 is 6.59. The van der Waals surface area contributed by atoms with Gasteiger partial charge in [0.2, 0.25) is 5.43 Å². The molecule has 0 bridgehead atoms. The number of aromatic carboxylic acids is 1. The average Bonchev–Trinajstić information content (AvgIpc) is 2.70. The van der Waals surface area contributed by atoms with Crippen LogP contribution in [-0.2, 0) is 11.3 Å². The maximum absolute atomic E-state index is 12.7. The summed E-state index contributed by atoms with van der Waals surface area (Å²) in [6, 6.07) is 4.83. The monoisotopic (exact) mass is 410 g/mol. The van der Waals surface area contributed by atoms with E-state index in [1.54, 1.807) is 43.5 Å². The maximum Gasteiger partial charge on any atom is 0.356 e. The molecule has 3 aromatic rings. The molecule has 0 spiro atoms. The van der Waals surface area contributed by atoms with E-state index in [1.165, 1.54) is 6.20 Å². The van der Waals surface area contributed by atoms with Crippen LogP contribution in [0.15, 0.2) is 29.2 Å². The number of pyridine rings is 3. The summed E-state index contributed by atoms with van der Waals surface area (Å²) in [6.45, 7) is 7.82. The van der Waals surface area contributed by atoms with Gasteiger partial charge in [0.25, 0.3) is 0 Å². The molecule has 2 N–H and O–H groups in total. The molecule has 3 heterocycles. The number of carbonyl (C=O) groups is 2. The Morgan fingerprint density at radius 1 is 1.13 bits per heavy atom. The molecule has 3 aromatic heterocycles. The fourth-order valence-electron chi connectivity index (χ4n) is 3.08. The third kappa shape index (κ3) is 3.86. The predicted octanol–water partition coefficient (Wildman–Crippen LogP) is 3.05. The smallest absolute Gasteiger partial charge is 0.356 e. The van der Waals surface area contributed by atoms with Crippen molar-refractivity contribution in [3.63, 3.8) is 0 Å². The third-order valence-corrected chi connectivity index (χ3v) is 4.65. The number of esters is 1. The van der Waals surface area contributed by atoms with Crippen LogP contribution in [0, 0.1) is 13.8 Å². The topological polar surface area (TPSA) is 123 Å². The second kappa shape index (κ2) is 8.32. The quantitative estimate of drug-likeness (QED) is 0.594. The van der Waals surface area contributed by atoms with Crippen LogP contribution in [0.4, 0.5) is 11.4 Å². The van der Waals surface area contributed by atoms with Gasteiger partial charge >= 0.3 is 11.9 Å². The number of rotatable bonds is 6. The van der Waals surface area contributed by atoms with Crippen LogP contribution in [0.1, 0.15) is 46.1 Å². The van der Waals surface area contributed by atoms with Gasteiger partial charge in [-0.2, -0.15) is 0 Å². The Morgan fingerprint density at radius 3 is 2.43 bits per heavy atom. The minimum Gasteiger partial charge on any atom is -0.477 e. The summed E-state index contributed by atoms with van der Waals surface area (Å²) >= 11 is 0. The number of hydrogen-bond acceptors (Lipinski definition) is 7. The van der Waals surface area contributed by atoms with Crippen LogP contribution in [0.3, 0.4) is 0 Å². The summed E-state index contributed by atoms with van der Waals surface area (Å²) in [7, 11) is 0. The number of aromatic nitrogens is 3. The SMILES string of the molecule is CCOC(=O)c1ccc(Nc2cc3c(=O)c(C(=O)O)cn(CC)c3nc2C)c(C)n1. The average molecular weight is 410 g/mol. The summed E-state index contributed by atoms with van der Waals surface area (Å²) in [5.74, 6) is -1.79. The Hall–Kier alpha value is -3.75. The molecule has 0 amide bonds. The fraction of sp³-hybridized carbons (Fsp3) is 0.286. The molecule has 0 aliphatic heterocycles. The molecule has 9 heteroatoms. The molecule has 9 nitrogen and oxygen atoms in total. The Kier molecular flexibility index (Phi) is 5.81. The van der Waals surface area contributed by atoms with Gasteiger partial charge in [-0.05, 0) is 45.9 Å². The van der Waals surface area contributed by atoms with Crippen LogP contribution in [0.25, 0.3) is 11.0 Å². The highest BCUT2D eigenvalue weighted by atomic mass is 16.5. The van der Waals surface area contributed by atoms with E-state index in [4.69, 9.17) is 4.74 Å². The van der Waals surface area contributed by atoms with Crippen molar-refractivity contribution >= 4 is 34.3 Å². The Balaban J connectivity index is 2.08. The highest BCUT2D eigenvalue weighted by Crippen LogP contribution is 2.25. The van der Waals surface area contributed by atoms with E-state index in [-0.39, 0.29) is 23.3 Å². The lowest BCUT2D eigenvalue weighted by molar-refractivity contribution is 0.0518. The van der Waals surface area contributed by atoms with Gasteiger partial charge in [-0.25, -0.2) is 19.6 Å². The highest BCUT2D eigenvalue weighted by molar-refractivity contribution is 5.93. The molecule has 0 saturated carbocycles. The van der Waals surface area contributed by atoms with E-state index in [9.17, 15) is 19.5 Å². The number of nitrogens with zero attached hydrogens (tertiary/aromatic N) is 3. The molecule has 30 heavy (non-hydrogen) atoms. The zero-order valence-electron chi connectivity index (χ0n) is 17.1. The van der Waals surface area contributed by atoms with E-state index in [1.807, 2.05) is 6.92 Å².